The molecular weight excluding hydrogens is 302 g/mol. The Labute approximate surface area is 141 Å². The Morgan fingerprint density at radius 1 is 1.08 bits per heavy atom. The highest BCUT2D eigenvalue weighted by Gasteiger charge is 2.14. The van der Waals surface area contributed by atoms with Crippen molar-refractivity contribution >= 4 is 11.0 Å². The van der Waals surface area contributed by atoms with E-state index in [-0.39, 0.29) is 0 Å². The minimum Gasteiger partial charge on any atom is -0.497 e. The Hall–Kier alpha value is -3.00. The molecule has 1 heterocycles. The summed E-state index contributed by atoms with van der Waals surface area (Å²) in [4.78, 5) is 4.78. The van der Waals surface area contributed by atoms with E-state index in [0.717, 1.165) is 46.9 Å². The second-order valence-corrected chi connectivity index (χ2v) is 5.44. The molecule has 122 valence electrons. The third-order valence-corrected chi connectivity index (χ3v) is 3.93. The molecule has 5 heteroatoms. The number of fused-ring (bicyclic) bond motifs is 1. The number of benzene rings is 2. The van der Waals surface area contributed by atoms with Gasteiger partial charge in [0.25, 0.3) is 0 Å². The number of imidazole rings is 1. The fourth-order valence-electron chi connectivity index (χ4n) is 2.77. The SMILES string of the molecule is COc1cc(OC)cc(-c2nc3ccccc3n2CCCC#N)c1. The summed E-state index contributed by atoms with van der Waals surface area (Å²) in [7, 11) is 3.27. The van der Waals surface area contributed by atoms with E-state index in [1.54, 1.807) is 14.2 Å². The van der Waals surface area contributed by atoms with Gasteiger partial charge in [-0.1, -0.05) is 12.1 Å². The molecule has 2 aromatic carbocycles. The number of aromatic nitrogens is 2. The van der Waals surface area contributed by atoms with Crippen LogP contribution in [0.15, 0.2) is 42.5 Å². The van der Waals surface area contributed by atoms with Crippen LogP contribution in [0.25, 0.3) is 22.4 Å². The molecule has 0 saturated carbocycles. The molecule has 0 N–H and O–H groups in total. The molecule has 0 saturated heterocycles. The van der Waals surface area contributed by atoms with Gasteiger partial charge < -0.3 is 14.0 Å². The van der Waals surface area contributed by atoms with Crippen molar-refractivity contribution in [3.05, 3.63) is 42.5 Å². The van der Waals surface area contributed by atoms with Crippen LogP contribution < -0.4 is 9.47 Å². The number of rotatable bonds is 6. The smallest absolute Gasteiger partial charge is 0.141 e. The first-order valence-corrected chi connectivity index (χ1v) is 7.82. The van der Waals surface area contributed by atoms with Gasteiger partial charge in [0.1, 0.15) is 17.3 Å². The molecule has 24 heavy (non-hydrogen) atoms. The van der Waals surface area contributed by atoms with E-state index < -0.39 is 0 Å². The number of methoxy groups -OCH3 is 2. The third kappa shape index (κ3) is 3.04. The molecule has 0 radical (unpaired) electrons. The minimum atomic E-state index is 0.521. The number of nitriles is 1. The molecule has 0 amide bonds. The van der Waals surface area contributed by atoms with Crippen LogP contribution in [0.3, 0.4) is 0 Å². The molecule has 0 unspecified atom stereocenters. The van der Waals surface area contributed by atoms with Crippen molar-refractivity contribution in [2.24, 2.45) is 0 Å². The second kappa shape index (κ2) is 7.05. The number of hydrogen-bond acceptors (Lipinski definition) is 4. The molecule has 0 atom stereocenters. The summed E-state index contributed by atoms with van der Waals surface area (Å²) in [6.45, 7) is 0.739. The Balaban J connectivity index is 2.14. The molecule has 0 fully saturated rings. The Bertz CT molecular complexity index is 871. The van der Waals surface area contributed by atoms with Gasteiger partial charge >= 0.3 is 0 Å². The zero-order chi connectivity index (χ0) is 16.9. The summed E-state index contributed by atoms with van der Waals surface area (Å²) in [6, 6.07) is 16.0. The lowest BCUT2D eigenvalue weighted by atomic mass is 10.2. The van der Waals surface area contributed by atoms with Crippen LogP contribution in [0, 0.1) is 11.3 Å². The number of hydrogen-bond donors (Lipinski definition) is 0. The fourth-order valence-corrected chi connectivity index (χ4v) is 2.77. The first-order valence-electron chi connectivity index (χ1n) is 7.82. The van der Waals surface area contributed by atoms with Crippen LogP contribution >= 0.6 is 0 Å². The van der Waals surface area contributed by atoms with Gasteiger partial charge in [-0.3, -0.25) is 0 Å². The van der Waals surface area contributed by atoms with Crippen molar-refractivity contribution in [2.75, 3.05) is 14.2 Å². The van der Waals surface area contributed by atoms with E-state index in [1.165, 1.54) is 0 Å². The predicted molar refractivity (Wildman–Crippen MR) is 93.1 cm³/mol. The Kier molecular flexibility index (Phi) is 4.66. The van der Waals surface area contributed by atoms with E-state index in [4.69, 9.17) is 19.7 Å². The number of nitrogens with zero attached hydrogens (tertiary/aromatic N) is 3. The maximum absolute atomic E-state index is 8.82. The first-order chi connectivity index (χ1) is 11.8. The monoisotopic (exact) mass is 321 g/mol. The van der Waals surface area contributed by atoms with Crippen molar-refractivity contribution < 1.29 is 9.47 Å². The second-order valence-electron chi connectivity index (χ2n) is 5.44. The highest BCUT2D eigenvalue weighted by atomic mass is 16.5. The highest BCUT2D eigenvalue weighted by Crippen LogP contribution is 2.31. The fraction of sp³-hybridized carbons (Fsp3) is 0.263. The number of unbranched alkanes of at least 4 members (excludes halogenated alkanes) is 1. The maximum Gasteiger partial charge on any atom is 0.141 e. The largest absolute Gasteiger partial charge is 0.497 e. The van der Waals surface area contributed by atoms with Gasteiger partial charge in [-0.25, -0.2) is 4.98 Å². The molecule has 3 rings (SSSR count). The zero-order valence-corrected chi connectivity index (χ0v) is 13.8. The van der Waals surface area contributed by atoms with Gasteiger partial charge in [-0.05, 0) is 30.7 Å². The van der Waals surface area contributed by atoms with Crippen LogP contribution in [-0.4, -0.2) is 23.8 Å². The average molecular weight is 321 g/mol. The lowest BCUT2D eigenvalue weighted by Crippen LogP contribution is -2.01. The molecule has 5 nitrogen and oxygen atoms in total. The van der Waals surface area contributed by atoms with Crippen LogP contribution in [0.1, 0.15) is 12.8 Å². The first kappa shape index (κ1) is 15.9. The molecular formula is C19H19N3O2. The highest BCUT2D eigenvalue weighted by molar-refractivity contribution is 5.81. The van der Waals surface area contributed by atoms with Gasteiger partial charge in [0.2, 0.25) is 0 Å². The van der Waals surface area contributed by atoms with Crippen molar-refractivity contribution in [3.63, 3.8) is 0 Å². The molecule has 0 spiro atoms. The Morgan fingerprint density at radius 3 is 2.46 bits per heavy atom. The molecule has 0 aliphatic carbocycles. The van der Waals surface area contributed by atoms with Gasteiger partial charge in [0, 0.05) is 24.6 Å². The van der Waals surface area contributed by atoms with E-state index >= 15 is 0 Å². The molecule has 0 bridgehead atoms. The lowest BCUT2D eigenvalue weighted by Gasteiger charge is -2.11. The number of aryl methyl sites for hydroxylation is 1. The maximum atomic E-state index is 8.82. The summed E-state index contributed by atoms with van der Waals surface area (Å²) < 4.78 is 12.9. The molecule has 3 aromatic rings. The van der Waals surface area contributed by atoms with Crippen LogP contribution in [0.5, 0.6) is 11.5 Å². The summed E-state index contributed by atoms with van der Waals surface area (Å²) >= 11 is 0. The number of ether oxygens (including phenoxy) is 2. The van der Waals surface area contributed by atoms with Gasteiger partial charge in [-0.2, -0.15) is 5.26 Å². The Morgan fingerprint density at radius 2 is 1.79 bits per heavy atom. The van der Waals surface area contributed by atoms with E-state index in [1.807, 2.05) is 36.4 Å². The summed E-state index contributed by atoms with van der Waals surface area (Å²) in [5, 5.41) is 8.82. The molecule has 1 aromatic heterocycles. The van der Waals surface area contributed by atoms with Crippen LogP contribution in [-0.2, 0) is 6.54 Å². The van der Waals surface area contributed by atoms with Crippen molar-refractivity contribution in [2.45, 2.75) is 19.4 Å². The summed E-state index contributed by atoms with van der Waals surface area (Å²) in [5.41, 5.74) is 2.93. The standard InChI is InChI=1S/C19H19N3O2/c1-23-15-11-14(12-16(13-15)24-2)19-21-17-7-3-4-8-18(17)22(19)10-6-5-9-20/h3-4,7-8,11-13H,5-6,10H2,1-2H3. The third-order valence-electron chi connectivity index (χ3n) is 3.93. The van der Waals surface area contributed by atoms with Crippen LogP contribution in [0.2, 0.25) is 0 Å². The van der Waals surface area contributed by atoms with E-state index in [0.29, 0.717) is 6.42 Å². The topological polar surface area (TPSA) is 60.1 Å². The van der Waals surface area contributed by atoms with Gasteiger partial charge in [0.05, 0.1) is 31.3 Å². The van der Waals surface area contributed by atoms with E-state index in [2.05, 4.69) is 16.7 Å². The van der Waals surface area contributed by atoms with Crippen molar-refractivity contribution in [1.82, 2.24) is 9.55 Å². The normalized spacial score (nSPS) is 10.5. The van der Waals surface area contributed by atoms with Gasteiger partial charge in [0.15, 0.2) is 0 Å². The van der Waals surface area contributed by atoms with E-state index in [9.17, 15) is 0 Å². The average Bonchev–Trinajstić information content (AvgIpc) is 3.00. The predicted octanol–water partition coefficient (Wildman–Crippen LogP) is 4.02. The van der Waals surface area contributed by atoms with Crippen molar-refractivity contribution in [3.8, 4) is 29.0 Å². The molecule has 0 aliphatic heterocycles. The van der Waals surface area contributed by atoms with Gasteiger partial charge in [-0.15, -0.1) is 0 Å². The molecule has 0 aliphatic rings. The quantitative estimate of drug-likeness (QED) is 0.643. The zero-order valence-electron chi connectivity index (χ0n) is 13.8. The van der Waals surface area contributed by atoms with Crippen molar-refractivity contribution in [1.29, 1.82) is 5.26 Å². The van der Waals surface area contributed by atoms with Crippen LogP contribution in [0.4, 0.5) is 0 Å². The lowest BCUT2D eigenvalue weighted by molar-refractivity contribution is 0.394. The summed E-state index contributed by atoms with van der Waals surface area (Å²) in [5.74, 6) is 2.30. The minimum absolute atomic E-state index is 0.521. The number of para-hydroxylation sites is 2. The summed E-state index contributed by atoms with van der Waals surface area (Å²) in [6.07, 6.45) is 1.30.